The molecule has 0 bridgehead atoms. The number of likely N-dealkylation sites (tertiary alicyclic amines) is 1. The number of carbonyl (C=O) groups excluding carboxylic acids is 2. The monoisotopic (exact) mass is 462 g/mol. The van der Waals surface area contributed by atoms with E-state index >= 15 is 0 Å². The van der Waals surface area contributed by atoms with E-state index in [0.717, 1.165) is 0 Å². The molecule has 170 valence electrons. The molecule has 3 rings (SSSR count). The highest BCUT2D eigenvalue weighted by atomic mass is 35.5. The number of methoxy groups -OCH3 is 1. The molecule has 1 aliphatic rings. The van der Waals surface area contributed by atoms with Crippen LogP contribution in [0.1, 0.15) is 30.1 Å². The van der Waals surface area contributed by atoms with Crippen molar-refractivity contribution in [2.45, 2.75) is 19.8 Å². The van der Waals surface area contributed by atoms with Gasteiger partial charge in [-0.3, -0.25) is 19.7 Å². The standard InChI is InChI=1S/C21H23ClN4O6/c1-3-32-18-11-16(26(29)30)15(10-17(18)31-2)21(28)25-8-6-13(7-9-25)20(27)24-19-5-4-14(22)12-23-19/h4-5,10-13H,3,6-9H2,1-2H3,(H,23,24,27). The Balaban J connectivity index is 1.70. The molecule has 1 saturated heterocycles. The van der Waals surface area contributed by atoms with Gasteiger partial charge in [0.15, 0.2) is 11.5 Å². The molecule has 0 radical (unpaired) electrons. The highest BCUT2D eigenvalue weighted by molar-refractivity contribution is 6.30. The largest absolute Gasteiger partial charge is 0.493 e. The van der Waals surface area contributed by atoms with E-state index in [9.17, 15) is 19.7 Å². The highest BCUT2D eigenvalue weighted by Crippen LogP contribution is 2.36. The molecule has 1 aliphatic heterocycles. The molecule has 2 heterocycles. The number of pyridine rings is 1. The smallest absolute Gasteiger partial charge is 0.286 e. The Kier molecular flexibility index (Phi) is 7.47. The van der Waals surface area contributed by atoms with E-state index in [1.165, 1.54) is 30.3 Å². The number of benzene rings is 1. The number of rotatable bonds is 7. The van der Waals surface area contributed by atoms with Gasteiger partial charge in [0.2, 0.25) is 5.91 Å². The van der Waals surface area contributed by atoms with Gasteiger partial charge >= 0.3 is 0 Å². The Hall–Kier alpha value is -3.40. The zero-order valence-corrected chi connectivity index (χ0v) is 18.4. The summed E-state index contributed by atoms with van der Waals surface area (Å²) in [6.45, 7) is 2.62. The summed E-state index contributed by atoms with van der Waals surface area (Å²) in [5.74, 6) is -0.150. The molecule has 1 aromatic heterocycles. The second kappa shape index (κ2) is 10.3. The minimum atomic E-state index is -0.617. The van der Waals surface area contributed by atoms with Crippen LogP contribution in [0, 0.1) is 16.0 Å². The lowest BCUT2D eigenvalue weighted by Crippen LogP contribution is -2.41. The summed E-state index contributed by atoms with van der Waals surface area (Å²) in [5, 5.41) is 14.8. The predicted octanol–water partition coefficient (Wildman–Crippen LogP) is 3.54. The molecule has 0 atom stereocenters. The maximum Gasteiger partial charge on any atom is 0.286 e. The lowest BCUT2D eigenvalue weighted by Gasteiger charge is -2.31. The number of nitrogens with one attached hydrogen (secondary N) is 1. The van der Waals surface area contributed by atoms with Crippen LogP contribution >= 0.6 is 11.6 Å². The number of carbonyl (C=O) groups is 2. The molecule has 1 fully saturated rings. The molecular weight excluding hydrogens is 440 g/mol. The predicted molar refractivity (Wildman–Crippen MR) is 117 cm³/mol. The van der Waals surface area contributed by atoms with Crippen LogP contribution < -0.4 is 14.8 Å². The SMILES string of the molecule is CCOc1cc([N+](=O)[O-])c(C(=O)N2CCC(C(=O)Nc3ccc(Cl)cn3)CC2)cc1OC. The summed E-state index contributed by atoms with van der Waals surface area (Å²) >= 11 is 5.80. The molecule has 0 unspecified atom stereocenters. The molecule has 10 nitrogen and oxygen atoms in total. The van der Waals surface area contributed by atoms with Gasteiger partial charge in [-0.1, -0.05) is 11.6 Å². The number of ether oxygens (including phenoxy) is 2. The Morgan fingerprint density at radius 3 is 2.56 bits per heavy atom. The van der Waals surface area contributed by atoms with Gasteiger partial charge in [-0.2, -0.15) is 0 Å². The minimum Gasteiger partial charge on any atom is -0.493 e. The van der Waals surface area contributed by atoms with Crippen LogP contribution in [-0.2, 0) is 4.79 Å². The summed E-state index contributed by atoms with van der Waals surface area (Å²) in [6.07, 6.45) is 2.29. The number of hydrogen-bond donors (Lipinski definition) is 1. The number of aromatic nitrogens is 1. The second-order valence-corrected chi connectivity index (χ2v) is 7.56. The summed E-state index contributed by atoms with van der Waals surface area (Å²) in [7, 11) is 1.40. The van der Waals surface area contributed by atoms with Crippen molar-refractivity contribution in [2.75, 3.05) is 32.1 Å². The molecule has 2 amide bonds. The second-order valence-electron chi connectivity index (χ2n) is 7.13. The third-order valence-electron chi connectivity index (χ3n) is 5.14. The Morgan fingerprint density at radius 2 is 2.00 bits per heavy atom. The van der Waals surface area contributed by atoms with Crippen molar-refractivity contribution in [3.8, 4) is 11.5 Å². The van der Waals surface area contributed by atoms with E-state index in [1.54, 1.807) is 19.1 Å². The van der Waals surface area contributed by atoms with Crippen LogP contribution in [0.5, 0.6) is 11.5 Å². The number of anilines is 1. The van der Waals surface area contributed by atoms with Crippen LogP contribution in [0.25, 0.3) is 0 Å². The first-order valence-electron chi connectivity index (χ1n) is 10.0. The lowest BCUT2D eigenvalue weighted by molar-refractivity contribution is -0.385. The van der Waals surface area contributed by atoms with Gasteiger partial charge in [-0.05, 0) is 31.9 Å². The van der Waals surface area contributed by atoms with E-state index in [1.807, 2.05) is 0 Å². The lowest BCUT2D eigenvalue weighted by atomic mass is 9.95. The van der Waals surface area contributed by atoms with Gasteiger partial charge in [0.25, 0.3) is 11.6 Å². The number of nitrogens with zero attached hydrogens (tertiary/aromatic N) is 3. The fourth-order valence-corrected chi connectivity index (χ4v) is 3.60. The van der Waals surface area contributed by atoms with Gasteiger partial charge in [0.05, 0.1) is 29.7 Å². The van der Waals surface area contributed by atoms with E-state index in [0.29, 0.717) is 30.3 Å². The van der Waals surface area contributed by atoms with Crippen molar-refractivity contribution in [3.05, 3.63) is 51.2 Å². The number of amides is 2. The molecule has 0 spiro atoms. The van der Waals surface area contributed by atoms with Crippen molar-refractivity contribution < 1.29 is 24.0 Å². The van der Waals surface area contributed by atoms with Crippen LogP contribution in [0.3, 0.4) is 0 Å². The van der Waals surface area contributed by atoms with Gasteiger partial charge < -0.3 is 19.7 Å². The fraction of sp³-hybridized carbons (Fsp3) is 0.381. The molecule has 0 saturated carbocycles. The number of nitro groups is 1. The molecule has 0 aliphatic carbocycles. The molecule has 32 heavy (non-hydrogen) atoms. The number of halogens is 1. The molecule has 1 N–H and O–H groups in total. The summed E-state index contributed by atoms with van der Waals surface area (Å²) in [5.41, 5.74) is -0.434. The fourth-order valence-electron chi connectivity index (χ4n) is 3.49. The van der Waals surface area contributed by atoms with E-state index in [2.05, 4.69) is 10.3 Å². The zero-order valence-electron chi connectivity index (χ0n) is 17.7. The van der Waals surface area contributed by atoms with Gasteiger partial charge in [-0.15, -0.1) is 0 Å². The summed E-state index contributed by atoms with van der Waals surface area (Å²) in [4.78, 5) is 42.1. The highest BCUT2D eigenvalue weighted by Gasteiger charge is 2.32. The van der Waals surface area contributed by atoms with E-state index in [-0.39, 0.29) is 47.7 Å². The summed E-state index contributed by atoms with van der Waals surface area (Å²) < 4.78 is 10.6. The third kappa shape index (κ3) is 5.25. The van der Waals surface area contributed by atoms with Crippen LogP contribution in [0.2, 0.25) is 5.02 Å². The van der Waals surface area contributed by atoms with Crippen molar-refractivity contribution in [3.63, 3.8) is 0 Å². The number of nitro benzene ring substituents is 1. The van der Waals surface area contributed by atoms with Gasteiger partial charge in [0.1, 0.15) is 11.4 Å². The first-order chi connectivity index (χ1) is 15.3. The minimum absolute atomic E-state index is 0.0800. The number of hydrogen-bond acceptors (Lipinski definition) is 7. The van der Waals surface area contributed by atoms with Crippen molar-refractivity contribution >= 4 is 34.9 Å². The topological polar surface area (TPSA) is 124 Å². The van der Waals surface area contributed by atoms with Gasteiger partial charge in [-0.25, -0.2) is 4.98 Å². The Morgan fingerprint density at radius 1 is 1.28 bits per heavy atom. The van der Waals surface area contributed by atoms with Crippen LogP contribution in [0.4, 0.5) is 11.5 Å². The Bertz CT molecular complexity index is 1010. The molecular formula is C21H23ClN4O6. The Labute approximate surface area is 189 Å². The first-order valence-corrected chi connectivity index (χ1v) is 10.4. The number of piperidine rings is 1. The molecule has 1 aromatic carbocycles. The van der Waals surface area contributed by atoms with E-state index in [4.69, 9.17) is 21.1 Å². The average Bonchev–Trinajstić information content (AvgIpc) is 2.80. The average molecular weight is 463 g/mol. The van der Waals surface area contributed by atoms with Crippen LogP contribution in [-0.4, -0.2) is 53.4 Å². The normalized spacial score (nSPS) is 14.0. The summed E-state index contributed by atoms with van der Waals surface area (Å²) in [6, 6.07) is 5.77. The molecule has 2 aromatic rings. The van der Waals surface area contributed by atoms with E-state index < -0.39 is 10.8 Å². The van der Waals surface area contributed by atoms with Crippen molar-refractivity contribution in [1.82, 2.24) is 9.88 Å². The molecule has 11 heteroatoms. The van der Waals surface area contributed by atoms with Crippen molar-refractivity contribution in [2.24, 2.45) is 5.92 Å². The van der Waals surface area contributed by atoms with Gasteiger partial charge in [0, 0.05) is 31.3 Å². The van der Waals surface area contributed by atoms with Crippen molar-refractivity contribution in [1.29, 1.82) is 0 Å². The maximum absolute atomic E-state index is 13.1. The first kappa shape index (κ1) is 23.3. The zero-order chi connectivity index (χ0) is 23.3. The quantitative estimate of drug-likeness (QED) is 0.492. The van der Waals surface area contributed by atoms with Crippen LogP contribution in [0.15, 0.2) is 30.5 Å². The maximum atomic E-state index is 13.1. The third-order valence-corrected chi connectivity index (χ3v) is 5.36.